The van der Waals surface area contributed by atoms with E-state index in [2.05, 4.69) is 10.1 Å². The fraction of sp³-hybridized carbons (Fsp3) is 0.545. The van der Waals surface area contributed by atoms with Crippen LogP contribution in [-0.2, 0) is 0 Å². The molecule has 0 bridgehead atoms. The maximum absolute atomic E-state index is 11.7. The highest BCUT2D eigenvalue weighted by Gasteiger charge is 2.24. The molecule has 1 saturated carbocycles. The molecule has 0 unspecified atom stereocenters. The van der Waals surface area contributed by atoms with E-state index in [1.54, 1.807) is 6.20 Å². The van der Waals surface area contributed by atoms with E-state index in [-0.39, 0.29) is 0 Å². The summed E-state index contributed by atoms with van der Waals surface area (Å²) in [4.78, 5) is 15.8. The molecule has 6 heteroatoms. The summed E-state index contributed by atoms with van der Waals surface area (Å²) in [7, 11) is 0. The second kappa shape index (κ2) is 4.44. The summed E-state index contributed by atoms with van der Waals surface area (Å²) < 4.78 is 6.31. The van der Waals surface area contributed by atoms with Gasteiger partial charge in [0.2, 0.25) is 5.13 Å². The van der Waals surface area contributed by atoms with E-state index >= 15 is 0 Å². The van der Waals surface area contributed by atoms with Gasteiger partial charge in [-0.3, -0.25) is 4.52 Å². The van der Waals surface area contributed by atoms with Gasteiger partial charge in [-0.2, -0.15) is 0 Å². The van der Waals surface area contributed by atoms with Crippen molar-refractivity contribution >= 4 is 11.3 Å². The largest absolute Gasteiger partial charge is 0.448 e. The molecule has 90 valence electrons. The van der Waals surface area contributed by atoms with E-state index in [4.69, 9.17) is 4.52 Å². The van der Waals surface area contributed by atoms with Crippen LogP contribution in [0.25, 0.3) is 5.13 Å². The maximum atomic E-state index is 11.7. The van der Waals surface area contributed by atoms with Crippen LogP contribution in [0.5, 0.6) is 0 Å². The molecule has 5 nitrogen and oxygen atoms in total. The Bertz CT molecular complexity index is 537. The normalized spacial score (nSPS) is 17.4. The molecule has 2 aromatic rings. The van der Waals surface area contributed by atoms with Gasteiger partial charge >= 0.3 is 5.76 Å². The van der Waals surface area contributed by atoms with Crippen LogP contribution in [0.1, 0.15) is 43.8 Å². The van der Waals surface area contributed by atoms with Crippen LogP contribution in [0.4, 0.5) is 0 Å². The number of thiazole rings is 1. The molecule has 17 heavy (non-hydrogen) atoms. The Morgan fingerprint density at radius 2 is 2.18 bits per heavy atom. The van der Waals surface area contributed by atoms with Crippen LogP contribution >= 0.6 is 11.3 Å². The first kappa shape index (κ1) is 10.7. The zero-order valence-electron chi connectivity index (χ0n) is 9.33. The van der Waals surface area contributed by atoms with Crippen molar-refractivity contribution in [3.05, 3.63) is 28.0 Å². The minimum absolute atomic E-state index is 0.332. The second-order valence-electron chi connectivity index (χ2n) is 4.29. The quantitative estimate of drug-likeness (QED) is 0.821. The third-order valence-corrected chi connectivity index (χ3v) is 3.97. The van der Waals surface area contributed by atoms with Crippen molar-refractivity contribution in [2.24, 2.45) is 0 Å². The fourth-order valence-corrected chi connectivity index (χ4v) is 3.02. The summed E-state index contributed by atoms with van der Waals surface area (Å²) in [5.74, 6) is 0.643. The standard InChI is InChI=1S/C11H13N3O2S/c15-11-14(10-12-6-7-17-10)9(13-16-11)8-4-2-1-3-5-8/h6-8H,1-5H2. The summed E-state index contributed by atoms with van der Waals surface area (Å²) in [5.41, 5.74) is 0. The van der Waals surface area contributed by atoms with Crippen LogP contribution in [0, 0.1) is 0 Å². The van der Waals surface area contributed by atoms with Crippen molar-refractivity contribution in [1.29, 1.82) is 0 Å². The number of aromatic nitrogens is 3. The molecule has 1 aliphatic carbocycles. The monoisotopic (exact) mass is 251 g/mol. The molecule has 0 spiro atoms. The molecule has 2 heterocycles. The molecule has 0 aliphatic heterocycles. The summed E-state index contributed by atoms with van der Waals surface area (Å²) in [5, 5.41) is 6.43. The van der Waals surface area contributed by atoms with E-state index in [0.29, 0.717) is 11.0 Å². The smallest absolute Gasteiger partial charge is 0.295 e. The van der Waals surface area contributed by atoms with E-state index in [9.17, 15) is 4.79 Å². The molecule has 0 amide bonds. The van der Waals surface area contributed by atoms with Crippen LogP contribution < -0.4 is 5.76 Å². The number of hydrogen-bond donors (Lipinski definition) is 0. The molecular formula is C11H13N3O2S. The average Bonchev–Trinajstić information content (AvgIpc) is 2.99. The van der Waals surface area contributed by atoms with Crippen molar-refractivity contribution in [3.63, 3.8) is 0 Å². The van der Waals surface area contributed by atoms with Crippen LogP contribution in [0.15, 0.2) is 20.9 Å². The van der Waals surface area contributed by atoms with Crippen molar-refractivity contribution < 1.29 is 4.52 Å². The van der Waals surface area contributed by atoms with Gasteiger partial charge in [-0.05, 0) is 12.8 Å². The molecule has 1 fully saturated rings. The Balaban J connectivity index is 2.03. The fourth-order valence-electron chi connectivity index (χ4n) is 2.38. The lowest BCUT2D eigenvalue weighted by Crippen LogP contribution is -2.18. The van der Waals surface area contributed by atoms with E-state index < -0.39 is 5.76 Å². The van der Waals surface area contributed by atoms with Crippen molar-refractivity contribution in [3.8, 4) is 5.13 Å². The molecule has 3 rings (SSSR count). The molecular weight excluding hydrogens is 238 g/mol. The Hall–Kier alpha value is -1.43. The predicted octanol–water partition coefficient (Wildman–Crippen LogP) is 2.33. The van der Waals surface area contributed by atoms with Gasteiger partial charge in [-0.1, -0.05) is 24.4 Å². The minimum atomic E-state index is -0.430. The molecule has 0 radical (unpaired) electrons. The van der Waals surface area contributed by atoms with Gasteiger partial charge in [0.05, 0.1) is 0 Å². The van der Waals surface area contributed by atoms with E-state index in [1.807, 2.05) is 5.38 Å². The number of nitrogens with zero attached hydrogens (tertiary/aromatic N) is 3. The summed E-state index contributed by atoms with van der Waals surface area (Å²) in [6.07, 6.45) is 7.52. The zero-order valence-corrected chi connectivity index (χ0v) is 10.2. The Kier molecular flexibility index (Phi) is 2.80. The van der Waals surface area contributed by atoms with Gasteiger partial charge in [0, 0.05) is 17.5 Å². The molecule has 0 atom stereocenters. The third kappa shape index (κ3) is 1.93. The average molecular weight is 251 g/mol. The topological polar surface area (TPSA) is 60.9 Å². The first-order valence-electron chi connectivity index (χ1n) is 5.85. The number of rotatable bonds is 2. The highest BCUT2D eigenvalue weighted by Crippen LogP contribution is 2.32. The predicted molar refractivity (Wildman–Crippen MR) is 63.6 cm³/mol. The Morgan fingerprint density at radius 1 is 1.35 bits per heavy atom. The molecule has 0 N–H and O–H groups in total. The SMILES string of the molecule is O=c1onc(C2CCCCC2)n1-c1nccs1. The zero-order chi connectivity index (χ0) is 11.7. The van der Waals surface area contributed by atoms with E-state index in [0.717, 1.165) is 18.7 Å². The van der Waals surface area contributed by atoms with Gasteiger partial charge in [0.15, 0.2) is 5.82 Å². The van der Waals surface area contributed by atoms with Gasteiger partial charge in [-0.25, -0.2) is 14.3 Å². The second-order valence-corrected chi connectivity index (χ2v) is 5.16. The lowest BCUT2D eigenvalue weighted by molar-refractivity contribution is 0.362. The van der Waals surface area contributed by atoms with Crippen LogP contribution in [0.3, 0.4) is 0 Å². The van der Waals surface area contributed by atoms with Gasteiger partial charge < -0.3 is 0 Å². The molecule has 0 aromatic carbocycles. The highest BCUT2D eigenvalue weighted by atomic mass is 32.1. The lowest BCUT2D eigenvalue weighted by Gasteiger charge is -2.19. The van der Waals surface area contributed by atoms with Crippen molar-refractivity contribution in [2.75, 3.05) is 0 Å². The summed E-state index contributed by atoms with van der Waals surface area (Å²) >= 11 is 1.42. The summed E-state index contributed by atoms with van der Waals surface area (Å²) in [6, 6.07) is 0. The Labute approximate surface area is 102 Å². The van der Waals surface area contributed by atoms with Crippen LogP contribution in [0.2, 0.25) is 0 Å². The van der Waals surface area contributed by atoms with Crippen molar-refractivity contribution in [1.82, 2.24) is 14.7 Å². The molecule has 1 aliphatic rings. The van der Waals surface area contributed by atoms with Gasteiger partial charge in [-0.15, -0.1) is 11.3 Å². The minimum Gasteiger partial charge on any atom is -0.295 e. The third-order valence-electron chi connectivity index (χ3n) is 3.21. The first-order chi connectivity index (χ1) is 8.36. The lowest BCUT2D eigenvalue weighted by atomic mass is 9.89. The number of hydrogen-bond acceptors (Lipinski definition) is 5. The Morgan fingerprint density at radius 3 is 2.88 bits per heavy atom. The van der Waals surface area contributed by atoms with Crippen molar-refractivity contribution in [2.45, 2.75) is 38.0 Å². The van der Waals surface area contributed by atoms with E-state index in [1.165, 1.54) is 35.2 Å². The molecule has 2 aromatic heterocycles. The van der Waals surface area contributed by atoms with Crippen LogP contribution in [-0.4, -0.2) is 14.7 Å². The summed E-state index contributed by atoms with van der Waals surface area (Å²) in [6.45, 7) is 0. The highest BCUT2D eigenvalue weighted by molar-refractivity contribution is 7.12. The molecule has 0 saturated heterocycles. The maximum Gasteiger partial charge on any atom is 0.448 e. The first-order valence-corrected chi connectivity index (χ1v) is 6.73. The van der Waals surface area contributed by atoms with Gasteiger partial charge in [0.1, 0.15) is 0 Å². The van der Waals surface area contributed by atoms with Gasteiger partial charge in [0.25, 0.3) is 0 Å².